The summed E-state index contributed by atoms with van der Waals surface area (Å²) in [4.78, 5) is 0. The Bertz CT molecular complexity index is 121. The number of aliphatic hydroxyl groups is 2. The van der Waals surface area contributed by atoms with Crippen LogP contribution in [0.5, 0.6) is 0 Å². The van der Waals surface area contributed by atoms with E-state index in [0.717, 1.165) is 32.1 Å². The number of rotatable bonds is 9. The maximum Gasteiger partial charge on any atom is 0.162 e. The third kappa shape index (κ3) is 8.52. The molecule has 0 spiro atoms. The minimum absolute atomic E-state index is 0.495. The maximum atomic E-state index is 9.58. The normalized spacial score (nSPS) is 12.0. The van der Waals surface area contributed by atoms with E-state index in [0.29, 0.717) is 12.8 Å². The Labute approximate surface area is 88.3 Å². The van der Waals surface area contributed by atoms with Crippen LogP contribution in [0.2, 0.25) is 0 Å². The molecule has 0 aromatic rings. The van der Waals surface area contributed by atoms with E-state index < -0.39 is 5.79 Å². The van der Waals surface area contributed by atoms with Crippen LogP contribution in [-0.2, 0) is 0 Å². The van der Waals surface area contributed by atoms with Crippen molar-refractivity contribution in [3.05, 3.63) is 6.92 Å². The van der Waals surface area contributed by atoms with Gasteiger partial charge in [-0.05, 0) is 12.8 Å². The second-order valence-electron chi connectivity index (χ2n) is 4.10. The summed E-state index contributed by atoms with van der Waals surface area (Å²) in [6, 6.07) is 0. The second-order valence-corrected chi connectivity index (χ2v) is 4.10. The first-order valence-corrected chi connectivity index (χ1v) is 5.86. The zero-order valence-corrected chi connectivity index (χ0v) is 9.47. The van der Waals surface area contributed by atoms with Crippen molar-refractivity contribution in [2.24, 2.45) is 0 Å². The van der Waals surface area contributed by atoms with Gasteiger partial charge in [0.25, 0.3) is 0 Å². The molecule has 0 aliphatic rings. The van der Waals surface area contributed by atoms with E-state index in [1.54, 1.807) is 0 Å². The van der Waals surface area contributed by atoms with Crippen molar-refractivity contribution < 1.29 is 10.2 Å². The van der Waals surface area contributed by atoms with Crippen LogP contribution in [0.1, 0.15) is 64.7 Å². The van der Waals surface area contributed by atoms with Crippen LogP contribution in [0.3, 0.4) is 0 Å². The molecule has 14 heavy (non-hydrogen) atoms. The highest BCUT2D eigenvalue weighted by Gasteiger charge is 2.20. The predicted molar refractivity (Wildman–Crippen MR) is 59.8 cm³/mol. The van der Waals surface area contributed by atoms with Crippen LogP contribution in [-0.4, -0.2) is 16.0 Å². The molecule has 0 atom stereocenters. The molecule has 1 radical (unpaired) electrons. The van der Waals surface area contributed by atoms with Gasteiger partial charge in [0.2, 0.25) is 0 Å². The summed E-state index contributed by atoms with van der Waals surface area (Å²) in [5.41, 5.74) is 0. The summed E-state index contributed by atoms with van der Waals surface area (Å²) in [6.45, 7) is 5.88. The van der Waals surface area contributed by atoms with Crippen molar-refractivity contribution in [3.8, 4) is 0 Å². The van der Waals surface area contributed by atoms with Crippen LogP contribution in [0.4, 0.5) is 0 Å². The van der Waals surface area contributed by atoms with E-state index in [4.69, 9.17) is 0 Å². The van der Waals surface area contributed by atoms with E-state index >= 15 is 0 Å². The maximum absolute atomic E-state index is 9.58. The molecular formula is C12H25O2. The summed E-state index contributed by atoms with van der Waals surface area (Å²) < 4.78 is 0. The lowest BCUT2D eigenvalue weighted by molar-refractivity contribution is -0.172. The average molecular weight is 201 g/mol. The Morgan fingerprint density at radius 2 is 1.50 bits per heavy atom. The van der Waals surface area contributed by atoms with Gasteiger partial charge in [-0.2, -0.15) is 0 Å². The molecule has 0 saturated carbocycles. The molecule has 2 heteroatoms. The lowest BCUT2D eigenvalue weighted by Crippen LogP contribution is -2.27. The van der Waals surface area contributed by atoms with Gasteiger partial charge in [-0.3, -0.25) is 0 Å². The highest BCUT2D eigenvalue weighted by molar-refractivity contribution is 4.65. The van der Waals surface area contributed by atoms with E-state index in [2.05, 4.69) is 13.8 Å². The molecule has 0 aliphatic heterocycles. The standard InChI is InChI=1S/C12H25O2/c1-3-5-7-9-11-12(13,14)10-8-6-4-2/h13-14H,2-11H2,1H3. The lowest BCUT2D eigenvalue weighted by atomic mass is 10.0. The first-order chi connectivity index (χ1) is 6.62. The third-order valence-electron chi connectivity index (χ3n) is 2.51. The van der Waals surface area contributed by atoms with E-state index in [9.17, 15) is 10.2 Å². The van der Waals surface area contributed by atoms with Gasteiger partial charge in [0.1, 0.15) is 0 Å². The Hall–Kier alpha value is -0.0800. The molecule has 2 nitrogen and oxygen atoms in total. The summed E-state index contributed by atoms with van der Waals surface area (Å²) in [7, 11) is 0. The monoisotopic (exact) mass is 201 g/mol. The second kappa shape index (κ2) is 8.25. The molecule has 0 heterocycles. The minimum Gasteiger partial charge on any atom is -0.366 e. The van der Waals surface area contributed by atoms with Gasteiger partial charge in [-0.1, -0.05) is 46.0 Å². The summed E-state index contributed by atoms with van der Waals surface area (Å²) in [5.74, 6) is -1.43. The molecule has 0 fully saturated rings. The molecule has 0 aromatic heterocycles. The first kappa shape index (κ1) is 13.9. The molecular weight excluding hydrogens is 176 g/mol. The van der Waals surface area contributed by atoms with Gasteiger partial charge >= 0.3 is 0 Å². The van der Waals surface area contributed by atoms with Crippen molar-refractivity contribution in [3.63, 3.8) is 0 Å². The van der Waals surface area contributed by atoms with Crippen molar-refractivity contribution in [1.29, 1.82) is 0 Å². The topological polar surface area (TPSA) is 40.5 Å². The van der Waals surface area contributed by atoms with E-state index in [1.165, 1.54) is 12.8 Å². The van der Waals surface area contributed by atoms with Gasteiger partial charge < -0.3 is 10.2 Å². The fourth-order valence-electron chi connectivity index (χ4n) is 1.54. The molecule has 0 rings (SSSR count). The zero-order chi connectivity index (χ0) is 10.9. The fourth-order valence-corrected chi connectivity index (χ4v) is 1.54. The molecule has 0 amide bonds. The van der Waals surface area contributed by atoms with Crippen LogP contribution in [0.15, 0.2) is 0 Å². The number of unbranched alkanes of at least 4 members (excludes halogenated alkanes) is 5. The highest BCUT2D eigenvalue weighted by Crippen LogP contribution is 2.19. The summed E-state index contributed by atoms with van der Waals surface area (Å²) in [6.07, 6.45) is 8.15. The quantitative estimate of drug-likeness (QED) is 0.444. The van der Waals surface area contributed by atoms with Gasteiger partial charge in [0, 0.05) is 12.8 Å². The molecule has 85 valence electrons. The van der Waals surface area contributed by atoms with Crippen LogP contribution in [0.25, 0.3) is 0 Å². The summed E-state index contributed by atoms with van der Waals surface area (Å²) in [5, 5.41) is 19.2. The molecule has 0 bridgehead atoms. The van der Waals surface area contributed by atoms with Crippen LogP contribution in [0, 0.1) is 6.92 Å². The van der Waals surface area contributed by atoms with Crippen molar-refractivity contribution >= 4 is 0 Å². The van der Waals surface area contributed by atoms with Gasteiger partial charge in [0.15, 0.2) is 5.79 Å². The largest absolute Gasteiger partial charge is 0.366 e. The first-order valence-electron chi connectivity index (χ1n) is 5.86. The van der Waals surface area contributed by atoms with Crippen molar-refractivity contribution in [2.45, 2.75) is 70.5 Å². The molecule has 0 aromatic carbocycles. The van der Waals surface area contributed by atoms with Crippen LogP contribution < -0.4 is 0 Å². The minimum atomic E-state index is -1.43. The highest BCUT2D eigenvalue weighted by atomic mass is 16.5. The smallest absolute Gasteiger partial charge is 0.162 e. The van der Waals surface area contributed by atoms with Gasteiger partial charge in [-0.15, -0.1) is 0 Å². The van der Waals surface area contributed by atoms with E-state index in [-0.39, 0.29) is 0 Å². The van der Waals surface area contributed by atoms with E-state index in [1.807, 2.05) is 0 Å². The van der Waals surface area contributed by atoms with Gasteiger partial charge in [-0.25, -0.2) is 0 Å². The Kier molecular flexibility index (Phi) is 8.20. The average Bonchev–Trinajstić information content (AvgIpc) is 2.13. The Morgan fingerprint density at radius 1 is 0.929 bits per heavy atom. The molecule has 0 aliphatic carbocycles. The third-order valence-corrected chi connectivity index (χ3v) is 2.51. The lowest BCUT2D eigenvalue weighted by Gasteiger charge is -2.21. The molecule has 0 saturated heterocycles. The predicted octanol–water partition coefficient (Wildman–Crippen LogP) is 3.03. The van der Waals surface area contributed by atoms with Crippen molar-refractivity contribution in [1.82, 2.24) is 0 Å². The van der Waals surface area contributed by atoms with Crippen LogP contribution >= 0.6 is 0 Å². The Balaban J connectivity index is 3.40. The zero-order valence-electron chi connectivity index (χ0n) is 9.47. The fraction of sp³-hybridized carbons (Fsp3) is 0.917. The summed E-state index contributed by atoms with van der Waals surface area (Å²) >= 11 is 0. The molecule has 2 N–H and O–H groups in total. The SMILES string of the molecule is [CH2]CCCCC(O)(O)CCCCCC. The Morgan fingerprint density at radius 3 is 2.00 bits per heavy atom. The van der Waals surface area contributed by atoms with Crippen molar-refractivity contribution in [2.75, 3.05) is 0 Å². The number of hydrogen-bond donors (Lipinski definition) is 2. The number of hydrogen-bond acceptors (Lipinski definition) is 2. The van der Waals surface area contributed by atoms with Gasteiger partial charge in [0.05, 0.1) is 0 Å². The molecule has 0 unspecified atom stereocenters.